The lowest BCUT2D eigenvalue weighted by Gasteiger charge is -2.07. The molecule has 1 aromatic carbocycles. The number of nitrogens with zero attached hydrogens (tertiary/aromatic N) is 4. The number of ether oxygens (including phenoxy) is 1. The third-order valence-corrected chi connectivity index (χ3v) is 4.33. The summed E-state index contributed by atoms with van der Waals surface area (Å²) in [5.41, 5.74) is 2.35. The number of carbonyl (C=O) groups is 2. The molecule has 0 N–H and O–H groups in total. The minimum Gasteiger partial charge on any atom is -0.454 e. The largest absolute Gasteiger partial charge is 0.454 e. The maximum atomic E-state index is 12.5. The van der Waals surface area contributed by atoms with E-state index in [-0.39, 0.29) is 12.4 Å². The number of ketones is 1. The third-order valence-electron chi connectivity index (χ3n) is 3.87. The first kappa shape index (κ1) is 17.3. The van der Waals surface area contributed by atoms with Crippen LogP contribution < -0.4 is 0 Å². The normalized spacial score (nSPS) is 11.0. The molecule has 2 heterocycles. The van der Waals surface area contributed by atoms with Gasteiger partial charge in [-0.1, -0.05) is 15.9 Å². The van der Waals surface area contributed by atoms with Crippen molar-refractivity contribution in [1.29, 1.82) is 0 Å². The number of hydrogen-bond donors (Lipinski definition) is 0. The van der Waals surface area contributed by atoms with Gasteiger partial charge in [-0.25, -0.2) is 4.79 Å². The van der Waals surface area contributed by atoms with Crippen LogP contribution in [0.3, 0.4) is 0 Å². The maximum absolute atomic E-state index is 12.5. The number of benzene rings is 1. The van der Waals surface area contributed by atoms with Crippen LogP contribution in [0.4, 0.5) is 0 Å². The highest BCUT2D eigenvalue weighted by atomic mass is 79.9. The average Bonchev–Trinajstić information content (AvgIpc) is 3.14. The van der Waals surface area contributed by atoms with Gasteiger partial charge in [0, 0.05) is 23.5 Å². The van der Waals surface area contributed by atoms with E-state index in [0.717, 1.165) is 15.7 Å². The van der Waals surface area contributed by atoms with E-state index >= 15 is 0 Å². The molecule has 0 radical (unpaired) electrons. The molecule has 0 saturated carbocycles. The van der Waals surface area contributed by atoms with Crippen LogP contribution in [0.5, 0.6) is 0 Å². The van der Waals surface area contributed by atoms with E-state index < -0.39 is 5.97 Å². The van der Waals surface area contributed by atoms with Gasteiger partial charge in [-0.3, -0.25) is 14.2 Å². The summed E-state index contributed by atoms with van der Waals surface area (Å²) < 4.78 is 9.25. The summed E-state index contributed by atoms with van der Waals surface area (Å²) in [6.07, 6.45) is 1.61. The molecule has 0 saturated heterocycles. The topological polar surface area (TPSA) is 79.0 Å². The molecule has 0 fully saturated rings. The number of rotatable bonds is 5. The number of hydrogen-bond acceptors (Lipinski definition) is 5. The van der Waals surface area contributed by atoms with Crippen LogP contribution in [0.15, 0.2) is 28.9 Å². The first-order chi connectivity index (χ1) is 11.9. The van der Waals surface area contributed by atoms with E-state index in [0.29, 0.717) is 23.2 Å². The minimum atomic E-state index is -0.563. The number of aromatic nitrogens is 4. The summed E-state index contributed by atoms with van der Waals surface area (Å²) in [6, 6.07) is 5.22. The van der Waals surface area contributed by atoms with E-state index in [1.54, 1.807) is 34.7 Å². The van der Waals surface area contributed by atoms with Gasteiger partial charge in [0.05, 0.1) is 23.0 Å². The number of Topliss-reactive ketones (excluding diaryl/α,β-unsaturated/α-hetero) is 1. The van der Waals surface area contributed by atoms with Crippen molar-refractivity contribution in [2.75, 3.05) is 6.61 Å². The van der Waals surface area contributed by atoms with E-state index in [1.807, 2.05) is 19.9 Å². The Bertz CT molecular complexity index is 974. The summed E-state index contributed by atoms with van der Waals surface area (Å²) >= 11 is 3.38. The van der Waals surface area contributed by atoms with Crippen LogP contribution in [-0.2, 0) is 18.3 Å². The molecule has 0 aliphatic heterocycles. The number of fused-ring (bicyclic) bond motifs is 1. The molecule has 8 heteroatoms. The predicted molar refractivity (Wildman–Crippen MR) is 95.7 cm³/mol. The second-order valence-electron chi connectivity index (χ2n) is 5.64. The second kappa shape index (κ2) is 6.79. The van der Waals surface area contributed by atoms with Gasteiger partial charge >= 0.3 is 5.97 Å². The molecule has 0 aliphatic rings. The zero-order valence-corrected chi connectivity index (χ0v) is 15.7. The van der Waals surface area contributed by atoms with Crippen molar-refractivity contribution in [2.45, 2.75) is 20.4 Å². The van der Waals surface area contributed by atoms with Crippen LogP contribution >= 0.6 is 15.9 Å². The zero-order chi connectivity index (χ0) is 18.1. The lowest BCUT2D eigenvalue weighted by Crippen LogP contribution is -2.18. The SMILES string of the molecule is CCn1nc(C)cc1C(=O)COC(=O)c1cc(Br)cc2c1cnn2C. The molecule has 3 rings (SSSR count). The summed E-state index contributed by atoms with van der Waals surface area (Å²) in [5, 5.41) is 9.06. The minimum absolute atomic E-state index is 0.284. The molecule has 0 atom stereocenters. The third kappa shape index (κ3) is 3.34. The molecule has 0 unspecified atom stereocenters. The highest BCUT2D eigenvalue weighted by Gasteiger charge is 2.19. The van der Waals surface area contributed by atoms with Gasteiger partial charge in [-0.2, -0.15) is 10.2 Å². The lowest BCUT2D eigenvalue weighted by molar-refractivity contribution is 0.0474. The van der Waals surface area contributed by atoms with Gasteiger partial charge < -0.3 is 4.74 Å². The van der Waals surface area contributed by atoms with Crippen molar-refractivity contribution in [2.24, 2.45) is 7.05 Å². The Morgan fingerprint density at radius 3 is 2.76 bits per heavy atom. The van der Waals surface area contributed by atoms with E-state index in [2.05, 4.69) is 26.1 Å². The molecule has 0 amide bonds. The Morgan fingerprint density at radius 1 is 1.28 bits per heavy atom. The summed E-state index contributed by atoms with van der Waals surface area (Å²) in [6.45, 7) is 3.95. The van der Waals surface area contributed by atoms with Crippen LogP contribution in [0.2, 0.25) is 0 Å². The molecule has 7 nitrogen and oxygen atoms in total. The molecule has 3 aromatic rings. The monoisotopic (exact) mass is 404 g/mol. The number of esters is 1. The highest BCUT2D eigenvalue weighted by molar-refractivity contribution is 9.10. The zero-order valence-electron chi connectivity index (χ0n) is 14.1. The Morgan fingerprint density at radius 2 is 2.04 bits per heavy atom. The number of carbonyl (C=O) groups excluding carboxylic acids is 2. The van der Waals surface area contributed by atoms with Crippen molar-refractivity contribution in [3.8, 4) is 0 Å². The molecule has 0 aliphatic carbocycles. The summed E-state index contributed by atoms with van der Waals surface area (Å²) in [7, 11) is 1.79. The smallest absolute Gasteiger partial charge is 0.339 e. The number of aryl methyl sites for hydroxylation is 3. The molecule has 0 spiro atoms. The summed E-state index contributed by atoms with van der Waals surface area (Å²) in [4.78, 5) is 24.8. The van der Waals surface area contributed by atoms with Crippen LogP contribution in [0.1, 0.15) is 33.5 Å². The predicted octanol–water partition coefficient (Wildman–Crippen LogP) is 2.90. The fraction of sp³-hybridized carbons (Fsp3) is 0.294. The standard InChI is InChI=1S/C17H17BrN4O3/c1-4-22-15(5-10(2)20-22)16(23)9-25-17(24)12-6-11(18)7-14-13(12)8-19-21(14)3/h5-8H,4,9H2,1-3H3. The van der Waals surface area contributed by atoms with Gasteiger partial charge in [0.2, 0.25) is 5.78 Å². The average molecular weight is 405 g/mol. The van der Waals surface area contributed by atoms with E-state index in [9.17, 15) is 9.59 Å². The first-order valence-electron chi connectivity index (χ1n) is 7.76. The lowest BCUT2D eigenvalue weighted by atomic mass is 10.1. The van der Waals surface area contributed by atoms with Crippen LogP contribution in [0.25, 0.3) is 10.9 Å². The van der Waals surface area contributed by atoms with Crippen molar-refractivity contribution in [3.63, 3.8) is 0 Å². The fourth-order valence-corrected chi connectivity index (χ4v) is 3.12. The van der Waals surface area contributed by atoms with Gasteiger partial charge in [-0.15, -0.1) is 0 Å². The first-order valence-corrected chi connectivity index (χ1v) is 8.56. The van der Waals surface area contributed by atoms with Crippen LogP contribution in [-0.4, -0.2) is 37.9 Å². The number of halogens is 1. The van der Waals surface area contributed by atoms with Crippen molar-refractivity contribution in [1.82, 2.24) is 19.6 Å². The van der Waals surface area contributed by atoms with Crippen LogP contribution in [0, 0.1) is 6.92 Å². The van der Waals surface area contributed by atoms with Gasteiger partial charge in [0.25, 0.3) is 0 Å². The molecular formula is C17H17BrN4O3. The maximum Gasteiger partial charge on any atom is 0.339 e. The van der Waals surface area contributed by atoms with Crippen molar-refractivity contribution < 1.29 is 14.3 Å². The molecule has 25 heavy (non-hydrogen) atoms. The molecule has 130 valence electrons. The molecule has 2 aromatic heterocycles. The van der Waals surface area contributed by atoms with E-state index in [1.165, 1.54) is 0 Å². The quantitative estimate of drug-likeness (QED) is 0.482. The Hall–Kier alpha value is -2.48. The molecular weight excluding hydrogens is 388 g/mol. The molecule has 0 bridgehead atoms. The Labute approximate surface area is 152 Å². The summed E-state index contributed by atoms with van der Waals surface area (Å²) in [5.74, 6) is -0.847. The van der Waals surface area contributed by atoms with Gasteiger partial charge in [0.1, 0.15) is 5.69 Å². The van der Waals surface area contributed by atoms with E-state index in [4.69, 9.17) is 4.74 Å². The Kier molecular flexibility index (Phi) is 4.71. The van der Waals surface area contributed by atoms with Crippen molar-refractivity contribution >= 4 is 38.6 Å². The van der Waals surface area contributed by atoms with Gasteiger partial charge in [0.15, 0.2) is 6.61 Å². The Balaban J connectivity index is 1.80. The van der Waals surface area contributed by atoms with Crippen molar-refractivity contribution in [3.05, 3.63) is 45.8 Å². The fourth-order valence-electron chi connectivity index (χ4n) is 2.68. The van der Waals surface area contributed by atoms with Gasteiger partial charge in [-0.05, 0) is 32.0 Å². The second-order valence-corrected chi connectivity index (χ2v) is 6.56. The highest BCUT2D eigenvalue weighted by Crippen LogP contribution is 2.24.